The molecule has 1 unspecified atom stereocenters. The van der Waals surface area contributed by atoms with E-state index in [4.69, 9.17) is 4.74 Å². The minimum Gasteiger partial charge on any atom is -0.469 e. The molecule has 1 aromatic rings. The van der Waals surface area contributed by atoms with E-state index in [0.717, 1.165) is 24.9 Å². The second-order valence-corrected chi connectivity index (χ2v) is 5.42. The number of rotatable bonds is 3. The highest BCUT2D eigenvalue weighted by Gasteiger charge is 2.53. The van der Waals surface area contributed by atoms with Crippen LogP contribution in [0.25, 0.3) is 0 Å². The van der Waals surface area contributed by atoms with Crippen LogP contribution in [0, 0.1) is 5.41 Å². The summed E-state index contributed by atoms with van der Waals surface area (Å²) in [5, 5.41) is 3.54. The Morgan fingerprint density at radius 2 is 2.00 bits per heavy atom. The summed E-state index contributed by atoms with van der Waals surface area (Å²) in [5.41, 5.74) is 0.263. The fourth-order valence-electron chi connectivity index (χ4n) is 3.04. The molecule has 0 aliphatic carbocycles. The summed E-state index contributed by atoms with van der Waals surface area (Å²) in [7, 11) is 1.46. The van der Waals surface area contributed by atoms with Crippen LogP contribution in [-0.2, 0) is 15.1 Å². The predicted octanol–water partition coefficient (Wildman–Crippen LogP) is 2.46. The lowest BCUT2D eigenvalue weighted by Crippen LogP contribution is -2.53. The van der Waals surface area contributed by atoms with Crippen LogP contribution in [0.5, 0.6) is 0 Å². The molecule has 0 spiro atoms. The molecule has 0 amide bonds. The van der Waals surface area contributed by atoms with Gasteiger partial charge in [-0.2, -0.15) is 0 Å². The molecule has 1 aliphatic rings. The average Bonchev–Trinajstić information content (AvgIpc) is 2.89. The Kier molecular flexibility index (Phi) is 3.44. The molecule has 1 N–H and O–H groups in total. The Labute approximate surface area is 109 Å². The molecular formula is C15H21NO2. The highest BCUT2D eigenvalue weighted by Crippen LogP contribution is 2.46. The summed E-state index contributed by atoms with van der Waals surface area (Å²) in [5.74, 6) is -0.166. The van der Waals surface area contributed by atoms with E-state index in [9.17, 15) is 4.79 Å². The second kappa shape index (κ2) is 4.73. The molecule has 1 aliphatic heterocycles. The first-order valence-electron chi connectivity index (χ1n) is 6.43. The van der Waals surface area contributed by atoms with Crippen molar-refractivity contribution in [3.63, 3.8) is 0 Å². The smallest absolute Gasteiger partial charge is 0.313 e. The molecule has 1 fully saturated rings. The summed E-state index contributed by atoms with van der Waals surface area (Å²) >= 11 is 0. The first kappa shape index (κ1) is 13.1. The fourth-order valence-corrected chi connectivity index (χ4v) is 3.04. The molecule has 0 aromatic heterocycles. The van der Waals surface area contributed by atoms with Gasteiger partial charge in [0, 0.05) is 0 Å². The van der Waals surface area contributed by atoms with Gasteiger partial charge in [0.15, 0.2) is 0 Å². The van der Waals surface area contributed by atoms with Crippen LogP contribution in [0.2, 0.25) is 0 Å². The van der Waals surface area contributed by atoms with Gasteiger partial charge < -0.3 is 10.1 Å². The summed E-state index contributed by atoms with van der Waals surface area (Å²) < 4.78 is 5.00. The van der Waals surface area contributed by atoms with Crippen molar-refractivity contribution in [2.75, 3.05) is 13.7 Å². The molecule has 2 rings (SSSR count). The lowest BCUT2D eigenvalue weighted by Gasteiger charge is -2.42. The fraction of sp³-hybridized carbons (Fsp3) is 0.533. The Morgan fingerprint density at radius 1 is 1.33 bits per heavy atom. The zero-order valence-electron chi connectivity index (χ0n) is 11.3. The van der Waals surface area contributed by atoms with Gasteiger partial charge in [-0.3, -0.25) is 4.79 Å². The predicted molar refractivity (Wildman–Crippen MR) is 71.2 cm³/mol. The first-order chi connectivity index (χ1) is 8.54. The quantitative estimate of drug-likeness (QED) is 0.834. The van der Waals surface area contributed by atoms with Gasteiger partial charge in [0.1, 0.15) is 0 Å². The number of methoxy groups -OCH3 is 1. The molecule has 1 aromatic carbocycles. The molecule has 0 saturated carbocycles. The monoisotopic (exact) mass is 247 g/mol. The maximum atomic E-state index is 12.1. The van der Waals surface area contributed by atoms with Crippen molar-refractivity contribution in [2.45, 2.75) is 32.2 Å². The van der Waals surface area contributed by atoms with Crippen LogP contribution in [0.4, 0.5) is 0 Å². The highest BCUT2D eigenvalue weighted by molar-refractivity contribution is 5.78. The number of hydrogen-bond acceptors (Lipinski definition) is 3. The van der Waals surface area contributed by atoms with Gasteiger partial charge >= 0.3 is 5.97 Å². The van der Waals surface area contributed by atoms with Gasteiger partial charge in [-0.1, -0.05) is 30.3 Å². The second-order valence-electron chi connectivity index (χ2n) is 5.42. The van der Waals surface area contributed by atoms with Gasteiger partial charge in [-0.05, 0) is 38.8 Å². The summed E-state index contributed by atoms with van der Waals surface area (Å²) in [6.45, 7) is 4.86. The summed E-state index contributed by atoms with van der Waals surface area (Å²) in [6.07, 6.45) is 2.04. The zero-order chi connectivity index (χ0) is 13.2. The van der Waals surface area contributed by atoms with Crippen LogP contribution < -0.4 is 5.32 Å². The normalized spacial score (nSPS) is 23.9. The minimum atomic E-state index is -0.584. The average molecular weight is 247 g/mol. The third-order valence-electron chi connectivity index (χ3n) is 4.18. The van der Waals surface area contributed by atoms with E-state index in [1.54, 1.807) is 0 Å². The van der Waals surface area contributed by atoms with Crippen LogP contribution in [0.15, 0.2) is 30.3 Å². The van der Waals surface area contributed by atoms with Crippen LogP contribution in [0.3, 0.4) is 0 Å². The third-order valence-corrected chi connectivity index (χ3v) is 4.18. The molecule has 18 heavy (non-hydrogen) atoms. The van der Waals surface area contributed by atoms with Gasteiger partial charge in [0.05, 0.1) is 18.1 Å². The van der Waals surface area contributed by atoms with Crippen molar-refractivity contribution in [1.29, 1.82) is 0 Å². The van der Waals surface area contributed by atoms with Crippen molar-refractivity contribution >= 4 is 5.97 Å². The number of esters is 1. The molecule has 3 heteroatoms. The van der Waals surface area contributed by atoms with Crippen LogP contribution in [0.1, 0.15) is 32.3 Å². The van der Waals surface area contributed by atoms with E-state index >= 15 is 0 Å². The van der Waals surface area contributed by atoms with Crippen molar-refractivity contribution in [2.24, 2.45) is 5.41 Å². The van der Waals surface area contributed by atoms with Gasteiger partial charge in [0.2, 0.25) is 0 Å². The molecule has 0 bridgehead atoms. The van der Waals surface area contributed by atoms with E-state index in [1.165, 1.54) is 7.11 Å². The van der Waals surface area contributed by atoms with Gasteiger partial charge in [-0.15, -0.1) is 0 Å². The maximum absolute atomic E-state index is 12.1. The Morgan fingerprint density at radius 3 is 2.50 bits per heavy atom. The number of hydrogen-bond donors (Lipinski definition) is 1. The van der Waals surface area contributed by atoms with E-state index < -0.39 is 5.41 Å². The summed E-state index contributed by atoms with van der Waals surface area (Å²) in [6, 6.07) is 10.2. The molecule has 1 saturated heterocycles. The Bertz CT molecular complexity index is 419. The lowest BCUT2D eigenvalue weighted by molar-refractivity contribution is -0.156. The van der Waals surface area contributed by atoms with E-state index in [0.29, 0.717) is 0 Å². The molecular weight excluding hydrogens is 226 g/mol. The first-order valence-corrected chi connectivity index (χ1v) is 6.43. The van der Waals surface area contributed by atoms with Crippen LogP contribution >= 0.6 is 0 Å². The number of ether oxygens (including phenoxy) is 1. The molecule has 0 radical (unpaired) electrons. The van der Waals surface area contributed by atoms with Crippen LogP contribution in [-0.4, -0.2) is 19.6 Å². The topological polar surface area (TPSA) is 38.3 Å². The third kappa shape index (κ3) is 1.83. The van der Waals surface area contributed by atoms with Crippen molar-refractivity contribution in [1.82, 2.24) is 5.32 Å². The Balaban J connectivity index is 2.48. The largest absolute Gasteiger partial charge is 0.469 e. The van der Waals surface area contributed by atoms with Crippen molar-refractivity contribution < 1.29 is 9.53 Å². The number of carbonyl (C=O) groups excluding carboxylic acids is 1. The van der Waals surface area contributed by atoms with Gasteiger partial charge in [-0.25, -0.2) is 0 Å². The van der Waals surface area contributed by atoms with Gasteiger partial charge in [0.25, 0.3) is 0 Å². The number of nitrogens with one attached hydrogen (secondary N) is 1. The number of benzene rings is 1. The molecule has 1 atom stereocenters. The zero-order valence-corrected chi connectivity index (χ0v) is 11.3. The standard InChI is InChI=1S/C15H21NO2/c1-14(2,13(17)18-3)15(10-7-11-16-15)12-8-5-4-6-9-12/h4-6,8-9,16H,7,10-11H2,1-3H3. The maximum Gasteiger partial charge on any atom is 0.313 e. The van der Waals surface area contributed by atoms with Crippen molar-refractivity contribution in [3.05, 3.63) is 35.9 Å². The minimum absolute atomic E-state index is 0.166. The summed E-state index contributed by atoms with van der Waals surface area (Å²) in [4.78, 5) is 12.1. The number of carbonyl (C=O) groups is 1. The molecule has 3 nitrogen and oxygen atoms in total. The van der Waals surface area contributed by atoms with Crippen molar-refractivity contribution in [3.8, 4) is 0 Å². The highest BCUT2D eigenvalue weighted by atomic mass is 16.5. The molecule has 1 heterocycles. The van der Waals surface area contributed by atoms with E-state index in [-0.39, 0.29) is 11.5 Å². The Hall–Kier alpha value is -1.35. The molecule has 98 valence electrons. The SMILES string of the molecule is COC(=O)C(C)(C)C1(c2ccccc2)CCCN1. The lowest BCUT2D eigenvalue weighted by atomic mass is 9.67. The van der Waals surface area contributed by atoms with E-state index in [1.807, 2.05) is 32.0 Å². The van der Waals surface area contributed by atoms with E-state index in [2.05, 4.69) is 17.4 Å².